The second kappa shape index (κ2) is 4.62. The van der Waals surface area contributed by atoms with E-state index in [0.29, 0.717) is 11.8 Å². The van der Waals surface area contributed by atoms with Crippen LogP contribution in [0.4, 0.5) is 0 Å². The summed E-state index contributed by atoms with van der Waals surface area (Å²) in [4.78, 5) is 0. The van der Waals surface area contributed by atoms with E-state index in [-0.39, 0.29) is 5.25 Å². The molecule has 0 radical (unpaired) electrons. The molecular formula is C10H21NO2S. The van der Waals surface area contributed by atoms with Crippen LogP contribution in [0.5, 0.6) is 0 Å². The maximum atomic E-state index is 11.6. The Morgan fingerprint density at radius 3 is 2.43 bits per heavy atom. The van der Waals surface area contributed by atoms with Crippen molar-refractivity contribution >= 4 is 10.0 Å². The van der Waals surface area contributed by atoms with Crippen molar-refractivity contribution in [2.45, 2.75) is 44.8 Å². The molecule has 0 aromatic carbocycles. The van der Waals surface area contributed by atoms with Crippen LogP contribution < -0.4 is 4.72 Å². The number of sulfonamides is 1. The third-order valence-corrected chi connectivity index (χ3v) is 5.21. The van der Waals surface area contributed by atoms with Crippen LogP contribution in [0, 0.1) is 11.8 Å². The van der Waals surface area contributed by atoms with E-state index in [0.717, 1.165) is 19.3 Å². The Labute approximate surface area is 87.3 Å². The highest BCUT2D eigenvalue weighted by Gasteiger charge is 2.31. The molecule has 0 aliphatic heterocycles. The van der Waals surface area contributed by atoms with Gasteiger partial charge in [0.25, 0.3) is 0 Å². The van der Waals surface area contributed by atoms with Gasteiger partial charge in [-0.3, -0.25) is 0 Å². The van der Waals surface area contributed by atoms with E-state index in [1.165, 1.54) is 13.5 Å². The van der Waals surface area contributed by atoms with Crippen LogP contribution in [0.2, 0.25) is 0 Å². The van der Waals surface area contributed by atoms with Crippen LogP contribution in [-0.4, -0.2) is 20.7 Å². The van der Waals surface area contributed by atoms with Gasteiger partial charge in [-0.25, -0.2) is 13.1 Å². The van der Waals surface area contributed by atoms with Gasteiger partial charge in [-0.05, 0) is 31.7 Å². The van der Waals surface area contributed by atoms with Gasteiger partial charge in [0.05, 0.1) is 5.25 Å². The van der Waals surface area contributed by atoms with Gasteiger partial charge in [0, 0.05) is 0 Å². The van der Waals surface area contributed by atoms with Gasteiger partial charge in [-0.15, -0.1) is 0 Å². The predicted octanol–water partition coefficient (Wildman–Crippen LogP) is 1.75. The first kappa shape index (κ1) is 12.0. The molecule has 0 saturated heterocycles. The summed E-state index contributed by atoms with van der Waals surface area (Å²) in [7, 11) is -1.53. The molecule has 0 spiro atoms. The maximum Gasteiger partial charge on any atom is 0.214 e. The lowest BCUT2D eigenvalue weighted by atomic mass is 9.81. The second-order valence-corrected chi connectivity index (χ2v) is 6.71. The minimum absolute atomic E-state index is 0.159. The molecular weight excluding hydrogens is 198 g/mol. The van der Waals surface area contributed by atoms with Crippen LogP contribution in [0.3, 0.4) is 0 Å². The van der Waals surface area contributed by atoms with Crippen LogP contribution >= 0.6 is 0 Å². The van der Waals surface area contributed by atoms with E-state index in [9.17, 15) is 8.42 Å². The predicted molar refractivity (Wildman–Crippen MR) is 58.6 cm³/mol. The Balaban J connectivity index is 2.65. The minimum Gasteiger partial charge on any atom is -0.218 e. The third kappa shape index (κ3) is 2.70. The highest BCUT2D eigenvalue weighted by molar-refractivity contribution is 7.90. The molecule has 0 aromatic rings. The van der Waals surface area contributed by atoms with Gasteiger partial charge in [0.15, 0.2) is 0 Å². The standard InChI is InChI=1S/C10H21NO2S/c1-8(2)9-5-4-6-10(7-9)14(12,13)11-3/h8-11H,4-7H2,1-3H3. The topological polar surface area (TPSA) is 46.2 Å². The normalized spacial score (nSPS) is 29.4. The van der Waals surface area contributed by atoms with Gasteiger partial charge in [0.2, 0.25) is 10.0 Å². The smallest absolute Gasteiger partial charge is 0.214 e. The van der Waals surface area contributed by atoms with Gasteiger partial charge in [-0.1, -0.05) is 26.7 Å². The summed E-state index contributed by atoms with van der Waals surface area (Å²) in [6.07, 6.45) is 3.90. The first-order chi connectivity index (χ1) is 6.47. The molecule has 1 fully saturated rings. The molecule has 3 nitrogen and oxygen atoms in total. The SMILES string of the molecule is CNS(=O)(=O)C1CCCC(C(C)C)C1. The summed E-state index contributed by atoms with van der Waals surface area (Å²) in [6, 6.07) is 0. The summed E-state index contributed by atoms with van der Waals surface area (Å²) in [6.45, 7) is 4.36. The second-order valence-electron chi connectivity index (χ2n) is 4.54. The first-order valence-electron chi connectivity index (χ1n) is 5.39. The molecule has 0 heterocycles. The lowest BCUT2D eigenvalue weighted by molar-refractivity contribution is 0.279. The Kier molecular flexibility index (Phi) is 3.95. The zero-order valence-electron chi connectivity index (χ0n) is 9.29. The number of hydrogen-bond donors (Lipinski definition) is 1. The molecule has 1 aliphatic rings. The van der Waals surface area contributed by atoms with Crippen molar-refractivity contribution in [3.63, 3.8) is 0 Å². The van der Waals surface area contributed by atoms with E-state index in [4.69, 9.17) is 0 Å². The zero-order chi connectivity index (χ0) is 10.8. The van der Waals surface area contributed by atoms with Crippen LogP contribution in [0.15, 0.2) is 0 Å². The molecule has 2 unspecified atom stereocenters. The molecule has 84 valence electrons. The Morgan fingerprint density at radius 2 is 1.93 bits per heavy atom. The van der Waals surface area contributed by atoms with Crippen molar-refractivity contribution in [1.29, 1.82) is 0 Å². The fourth-order valence-corrected chi connectivity index (χ4v) is 3.55. The number of nitrogens with one attached hydrogen (secondary N) is 1. The summed E-state index contributed by atoms with van der Waals surface area (Å²) < 4.78 is 25.7. The van der Waals surface area contributed by atoms with Crippen molar-refractivity contribution in [2.75, 3.05) is 7.05 Å². The summed E-state index contributed by atoms with van der Waals surface area (Å²) in [5.41, 5.74) is 0. The van der Waals surface area contributed by atoms with Crippen molar-refractivity contribution in [2.24, 2.45) is 11.8 Å². The van der Waals surface area contributed by atoms with Gasteiger partial charge in [0.1, 0.15) is 0 Å². The average molecular weight is 219 g/mol. The van der Waals surface area contributed by atoms with E-state index >= 15 is 0 Å². The molecule has 0 aromatic heterocycles. The van der Waals surface area contributed by atoms with E-state index < -0.39 is 10.0 Å². The van der Waals surface area contributed by atoms with E-state index in [1.807, 2.05) is 0 Å². The van der Waals surface area contributed by atoms with Crippen LogP contribution in [-0.2, 0) is 10.0 Å². The quantitative estimate of drug-likeness (QED) is 0.786. The third-order valence-electron chi connectivity index (χ3n) is 3.33. The van der Waals surface area contributed by atoms with Crippen molar-refractivity contribution in [3.05, 3.63) is 0 Å². The molecule has 4 heteroatoms. The fraction of sp³-hybridized carbons (Fsp3) is 1.00. The fourth-order valence-electron chi connectivity index (χ4n) is 2.24. The zero-order valence-corrected chi connectivity index (χ0v) is 10.1. The molecule has 1 rings (SSSR count). The monoisotopic (exact) mass is 219 g/mol. The molecule has 1 aliphatic carbocycles. The minimum atomic E-state index is -3.04. The highest BCUT2D eigenvalue weighted by atomic mass is 32.2. The largest absolute Gasteiger partial charge is 0.218 e. The van der Waals surface area contributed by atoms with E-state index in [2.05, 4.69) is 18.6 Å². The van der Waals surface area contributed by atoms with Crippen molar-refractivity contribution in [1.82, 2.24) is 4.72 Å². The molecule has 0 bridgehead atoms. The van der Waals surface area contributed by atoms with E-state index in [1.54, 1.807) is 0 Å². The van der Waals surface area contributed by atoms with Crippen LogP contribution in [0.25, 0.3) is 0 Å². The lowest BCUT2D eigenvalue weighted by Gasteiger charge is -2.30. The summed E-state index contributed by atoms with van der Waals surface area (Å²) in [5, 5.41) is -0.159. The molecule has 1 saturated carbocycles. The Bertz CT molecular complexity index is 272. The molecule has 2 atom stereocenters. The summed E-state index contributed by atoms with van der Waals surface area (Å²) >= 11 is 0. The van der Waals surface area contributed by atoms with Gasteiger partial charge >= 0.3 is 0 Å². The number of hydrogen-bond acceptors (Lipinski definition) is 2. The Hall–Kier alpha value is -0.0900. The molecule has 1 N–H and O–H groups in total. The van der Waals surface area contributed by atoms with Crippen molar-refractivity contribution < 1.29 is 8.42 Å². The number of rotatable bonds is 3. The van der Waals surface area contributed by atoms with Gasteiger partial charge < -0.3 is 0 Å². The summed E-state index contributed by atoms with van der Waals surface area (Å²) in [5.74, 6) is 1.18. The maximum absolute atomic E-state index is 11.6. The Morgan fingerprint density at radius 1 is 1.29 bits per heavy atom. The first-order valence-corrected chi connectivity index (χ1v) is 6.94. The molecule has 14 heavy (non-hydrogen) atoms. The molecule has 0 amide bonds. The highest BCUT2D eigenvalue weighted by Crippen LogP contribution is 2.32. The average Bonchev–Trinajstić information content (AvgIpc) is 2.18. The lowest BCUT2D eigenvalue weighted by Crippen LogP contribution is -2.36. The van der Waals surface area contributed by atoms with Crippen molar-refractivity contribution in [3.8, 4) is 0 Å². The van der Waals surface area contributed by atoms with Gasteiger partial charge in [-0.2, -0.15) is 0 Å². The van der Waals surface area contributed by atoms with Crippen LogP contribution in [0.1, 0.15) is 39.5 Å².